The summed E-state index contributed by atoms with van der Waals surface area (Å²) in [5.74, 6) is -0.658. The van der Waals surface area contributed by atoms with Crippen LogP contribution in [0.15, 0.2) is 60.8 Å². The van der Waals surface area contributed by atoms with Crippen molar-refractivity contribution in [2.75, 3.05) is 44.2 Å². The van der Waals surface area contributed by atoms with Crippen LogP contribution in [0.5, 0.6) is 5.75 Å². The Morgan fingerprint density at radius 2 is 1.63 bits per heavy atom. The predicted octanol–water partition coefficient (Wildman–Crippen LogP) is 3.07. The van der Waals surface area contributed by atoms with Gasteiger partial charge in [-0.2, -0.15) is 0 Å². The van der Waals surface area contributed by atoms with Crippen LogP contribution in [0, 0.1) is 6.92 Å². The van der Waals surface area contributed by atoms with Crippen LogP contribution in [0.25, 0.3) is 11.0 Å². The Labute approximate surface area is 294 Å². The molecule has 51 heavy (non-hydrogen) atoms. The highest BCUT2D eigenvalue weighted by Crippen LogP contribution is 2.31. The number of rotatable bonds is 10. The topological polar surface area (TPSA) is 147 Å². The van der Waals surface area contributed by atoms with Gasteiger partial charge in [0.1, 0.15) is 24.2 Å². The number of anilines is 1. The Morgan fingerprint density at radius 1 is 0.843 bits per heavy atom. The fraction of sp³-hybridized carbons (Fsp3) is 0.395. The fourth-order valence-corrected chi connectivity index (χ4v) is 7.32. The SMILES string of the molecule is Cc1cc(Cc2ccc3nc(N4CC(OC5CCN(CCOc6ccc7c(c6)C(=O)N(C6CCC(=O)NC6=O)C7=O)CC5)C4)ccc3n2)ccn1. The van der Waals surface area contributed by atoms with Gasteiger partial charge < -0.3 is 14.4 Å². The van der Waals surface area contributed by atoms with E-state index in [0.29, 0.717) is 12.4 Å². The molecular weight excluding hydrogens is 650 g/mol. The normalized spacial score (nSPS) is 20.1. The number of pyridine rings is 3. The summed E-state index contributed by atoms with van der Waals surface area (Å²) in [7, 11) is 0. The second kappa shape index (κ2) is 13.8. The molecule has 13 nitrogen and oxygen atoms in total. The first-order chi connectivity index (χ1) is 24.8. The third-order valence-electron chi connectivity index (χ3n) is 10.1. The van der Waals surface area contributed by atoms with Gasteiger partial charge in [0.05, 0.1) is 34.4 Å². The number of piperidine rings is 2. The minimum absolute atomic E-state index is 0.0821. The first kappa shape index (κ1) is 32.9. The van der Waals surface area contributed by atoms with E-state index in [0.717, 1.165) is 85.1 Å². The quantitative estimate of drug-likeness (QED) is 0.245. The number of imide groups is 2. The molecule has 1 unspecified atom stereocenters. The molecule has 0 spiro atoms. The van der Waals surface area contributed by atoms with Crippen molar-refractivity contribution in [3.05, 3.63) is 88.9 Å². The minimum atomic E-state index is -0.989. The lowest BCUT2D eigenvalue weighted by Crippen LogP contribution is -2.54. The van der Waals surface area contributed by atoms with Crippen LogP contribution in [0.2, 0.25) is 0 Å². The Bertz CT molecular complexity index is 2020. The zero-order valence-electron chi connectivity index (χ0n) is 28.4. The zero-order valence-corrected chi connectivity index (χ0v) is 28.4. The maximum atomic E-state index is 13.1. The average molecular weight is 690 g/mol. The van der Waals surface area contributed by atoms with Gasteiger partial charge in [0, 0.05) is 63.2 Å². The van der Waals surface area contributed by atoms with E-state index < -0.39 is 29.7 Å². The minimum Gasteiger partial charge on any atom is -0.492 e. The maximum Gasteiger partial charge on any atom is 0.262 e. The van der Waals surface area contributed by atoms with E-state index in [1.54, 1.807) is 18.2 Å². The van der Waals surface area contributed by atoms with Crippen molar-refractivity contribution in [1.82, 2.24) is 30.1 Å². The molecule has 0 radical (unpaired) electrons. The van der Waals surface area contributed by atoms with Crippen molar-refractivity contribution < 1.29 is 28.7 Å². The molecule has 4 aromatic rings. The van der Waals surface area contributed by atoms with Crippen LogP contribution in [0.4, 0.5) is 5.82 Å². The van der Waals surface area contributed by atoms with Gasteiger partial charge in [-0.15, -0.1) is 0 Å². The molecule has 0 saturated carbocycles. The molecule has 3 saturated heterocycles. The van der Waals surface area contributed by atoms with Crippen molar-refractivity contribution in [3.63, 3.8) is 0 Å². The Balaban J connectivity index is 0.761. The number of amides is 4. The van der Waals surface area contributed by atoms with E-state index >= 15 is 0 Å². The molecule has 262 valence electrons. The van der Waals surface area contributed by atoms with E-state index in [-0.39, 0.29) is 36.2 Å². The Morgan fingerprint density at radius 3 is 2.43 bits per heavy atom. The van der Waals surface area contributed by atoms with Crippen molar-refractivity contribution in [2.45, 2.75) is 57.3 Å². The highest BCUT2D eigenvalue weighted by Gasteiger charge is 2.44. The fourth-order valence-electron chi connectivity index (χ4n) is 7.32. The van der Waals surface area contributed by atoms with E-state index in [9.17, 15) is 19.2 Å². The summed E-state index contributed by atoms with van der Waals surface area (Å²) in [6, 6.07) is 16.1. The van der Waals surface area contributed by atoms with E-state index in [4.69, 9.17) is 19.4 Å². The Kier molecular flexibility index (Phi) is 8.90. The lowest BCUT2D eigenvalue weighted by atomic mass is 10.0. The molecular formula is C38H39N7O6. The molecule has 0 bridgehead atoms. The highest BCUT2D eigenvalue weighted by atomic mass is 16.5. The second-order valence-electron chi connectivity index (χ2n) is 13.7. The van der Waals surface area contributed by atoms with Crippen LogP contribution in [-0.4, -0.2) is 106 Å². The lowest BCUT2D eigenvalue weighted by Gasteiger charge is -2.43. The van der Waals surface area contributed by atoms with Crippen LogP contribution >= 0.6 is 0 Å². The van der Waals surface area contributed by atoms with E-state index in [2.05, 4.69) is 38.3 Å². The number of benzene rings is 1. The summed E-state index contributed by atoms with van der Waals surface area (Å²) in [4.78, 5) is 69.4. The standard InChI is InChI=1S/C38H39N7O6/c1-23-18-24(10-13-39-23)19-25-2-5-32-31(40-25)6-8-34(41-32)44-21-28(22-44)51-26-11-14-43(15-12-26)16-17-50-27-3-4-29-30(20-27)38(49)45(37(29)48)33-7-9-35(46)42-36(33)47/h2-6,8,10,13,18,20,26,28,33H,7,9,11-12,14-17,19,21-22H2,1H3,(H,42,46,47). The summed E-state index contributed by atoms with van der Waals surface area (Å²) in [5, 5.41) is 2.21. The molecule has 1 aromatic carbocycles. The molecule has 0 aliphatic carbocycles. The number of hydrogen-bond donors (Lipinski definition) is 1. The molecule has 4 amide bonds. The summed E-state index contributed by atoms with van der Waals surface area (Å²) >= 11 is 0. The van der Waals surface area contributed by atoms with Gasteiger partial charge in [-0.1, -0.05) is 0 Å². The first-order valence-corrected chi connectivity index (χ1v) is 17.6. The molecule has 4 aliphatic heterocycles. The number of nitrogens with one attached hydrogen (secondary N) is 1. The molecule has 3 fully saturated rings. The van der Waals surface area contributed by atoms with E-state index in [1.165, 1.54) is 5.56 Å². The largest absolute Gasteiger partial charge is 0.492 e. The van der Waals surface area contributed by atoms with Gasteiger partial charge >= 0.3 is 0 Å². The molecule has 4 aliphatic rings. The van der Waals surface area contributed by atoms with Gasteiger partial charge in [-0.05, 0) is 86.3 Å². The van der Waals surface area contributed by atoms with Crippen LogP contribution in [0.1, 0.15) is 63.4 Å². The third-order valence-corrected chi connectivity index (χ3v) is 10.1. The average Bonchev–Trinajstić information content (AvgIpc) is 3.35. The third kappa shape index (κ3) is 6.91. The molecule has 1 N–H and O–H groups in total. The first-order valence-electron chi connectivity index (χ1n) is 17.6. The smallest absolute Gasteiger partial charge is 0.262 e. The zero-order chi connectivity index (χ0) is 35.1. The number of likely N-dealkylation sites (tertiary alicyclic amines) is 1. The summed E-state index contributed by atoms with van der Waals surface area (Å²) < 4.78 is 12.4. The number of carbonyl (C=O) groups excluding carboxylic acids is 4. The number of fused-ring (bicyclic) bond motifs is 2. The van der Waals surface area contributed by atoms with Crippen molar-refractivity contribution in [1.29, 1.82) is 0 Å². The molecule has 3 aromatic heterocycles. The molecule has 13 heteroatoms. The maximum absolute atomic E-state index is 13.1. The number of hydrogen-bond acceptors (Lipinski definition) is 11. The van der Waals surface area contributed by atoms with E-state index in [1.807, 2.05) is 31.3 Å². The molecule has 8 rings (SSSR count). The van der Waals surface area contributed by atoms with Crippen molar-refractivity contribution in [3.8, 4) is 5.75 Å². The van der Waals surface area contributed by atoms with Crippen LogP contribution in [0.3, 0.4) is 0 Å². The molecule has 7 heterocycles. The van der Waals surface area contributed by atoms with Gasteiger partial charge in [0.2, 0.25) is 11.8 Å². The second-order valence-corrected chi connectivity index (χ2v) is 13.7. The predicted molar refractivity (Wildman–Crippen MR) is 186 cm³/mol. The van der Waals surface area contributed by atoms with Gasteiger partial charge in [0.15, 0.2) is 0 Å². The van der Waals surface area contributed by atoms with Gasteiger partial charge in [-0.25, -0.2) is 4.98 Å². The number of carbonyl (C=O) groups is 4. The van der Waals surface area contributed by atoms with Gasteiger partial charge in [0.25, 0.3) is 11.8 Å². The van der Waals surface area contributed by atoms with Crippen molar-refractivity contribution >= 4 is 40.5 Å². The lowest BCUT2D eigenvalue weighted by molar-refractivity contribution is -0.136. The Hall–Kier alpha value is -5.27. The summed E-state index contributed by atoms with van der Waals surface area (Å²) in [6.07, 6.45) is 5.11. The summed E-state index contributed by atoms with van der Waals surface area (Å²) in [5.41, 5.74) is 5.44. The number of nitrogens with zero attached hydrogens (tertiary/aromatic N) is 6. The molecule has 1 atom stereocenters. The van der Waals surface area contributed by atoms with Gasteiger partial charge in [-0.3, -0.25) is 44.3 Å². The van der Waals surface area contributed by atoms with Crippen LogP contribution < -0.4 is 15.0 Å². The number of aryl methyl sites for hydroxylation is 1. The van der Waals surface area contributed by atoms with Crippen LogP contribution in [-0.2, 0) is 20.7 Å². The monoisotopic (exact) mass is 689 g/mol. The van der Waals surface area contributed by atoms with Crippen molar-refractivity contribution in [2.24, 2.45) is 0 Å². The highest BCUT2D eigenvalue weighted by molar-refractivity contribution is 6.23. The number of ether oxygens (including phenoxy) is 2. The number of aromatic nitrogens is 3. The summed E-state index contributed by atoms with van der Waals surface area (Å²) in [6.45, 7) is 6.61.